The first kappa shape index (κ1) is 10.7. The number of rotatable bonds is 2. The summed E-state index contributed by atoms with van der Waals surface area (Å²) >= 11 is 0.975. The van der Waals surface area contributed by atoms with E-state index in [2.05, 4.69) is 0 Å². The third-order valence-corrected chi connectivity index (χ3v) is 2.37. The summed E-state index contributed by atoms with van der Waals surface area (Å²) in [5.74, 6) is -1.79. The molecular formula is C8H4F3NOS. The molecule has 0 amide bonds. The fourth-order valence-electron chi connectivity index (χ4n) is 0.790. The third kappa shape index (κ3) is 2.57. The van der Waals surface area contributed by atoms with Crippen molar-refractivity contribution in [2.45, 2.75) is 12.6 Å². The van der Waals surface area contributed by atoms with E-state index in [0.717, 1.165) is 11.3 Å². The van der Waals surface area contributed by atoms with E-state index in [4.69, 9.17) is 5.26 Å². The second-order valence-corrected chi connectivity index (χ2v) is 3.51. The number of thiophene rings is 1. The summed E-state index contributed by atoms with van der Waals surface area (Å²) in [6.45, 7) is 0. The van der Waals surface area contributed by atoms with Crippen LogP contribution in [0.15, 0.2) is 11.4 Å². The highest BCUT2D eigenvalue weighted by molar-refractivity contribution is 7.10. The third-order valence-electron chi connectivity index (χ3n) is 1.43. The second-order valence-electron chi connectivity index (χ2n) is 2.51. The topological polar surface area (TPSA) is 40.9 Å². The first-order chi connectivity index (χ1) is 6.43. The van der Waals surface area contributed by atoms with Gasteiger partial charge in [0.05, 0.1) is 12.0 Å². The molecule has 0 unspecified atom stereocenters. The van der Waals surface area contributed by atoms with Crippen LogP contribution in [-0.2, 0) is 11.2 Å². The van der Waals surface area contributed by atoms with Gasteiger partial charge in [0.1, 0.15) is 6.07 Å². The number of hydrogen-bond acceptors (Lipinski definition) is 3. The zero-order valence-electron chi connectivity index (χ0n) is 6.76. The number of hydrogen-bond donors (Lipinski definition) is 0. The average molecular weight is 219 g/mol. The first-order valence-corrected chi connectivity index (χ1v) is 4.39. The summed E-state index contributed by atoms with van der Waals surface area (Å²) in [7, 11) is 0. The predicted octanol–water partition coefficient (Wildman–Crippen LogP) is 2.29. The van der Waals surface area contributed by atoms with Gasteiger partial charge < -0.3 is 0 Å². The SMILES string of the molecule is N#Cc1csc(CC(=O)C(F)(F)F)c1. The van der Waals surface area contributed by atoms with Crippen molar-refractivity contribution in [1.82, 2.24) is 0 Å². The van der Waals surface area contributed by atoms with Crippen LogP contribution in [0, 0.1) is 11.3 Å². The van der Waals surface area contributed by atoms with E-state index >= 15 is 0 Å². The van der Waals surface area contributed by atoms with E-state index in [9.17, 15) is 18.0 Å². The van der Waals surface area contributed by atoms with Gasteiger partial charge in [0.2, 0.25) is 5.78 Å². The van der Waals surface area contributed by atoms with Gasteiger partial charge in [0.25, 0.3) is 0 Å². The molecule has 0 N–H and O–H groups in total. The van der Waals surface area contributed by atoms with E-state index in [0.29, 0.717) is 0 Å². The lowest BCUT2D eigenvalue weighted by Crippen LogP contribution is -2.24. The molecule has 74 valence electrons. The second kappa shape index (κ2) is 3.80. The minimum absolute atomic E-state index is 0.254. The van der Waals surface area contributed by atoms with Gasteiger partial charge in [-0.15, -0.1) is 11.3 Å². The molecule has 1 rings (SSSR count). The van der Waals surface area contributed by atoms with Crippen LogP contribution < -0.4 is 0 Å². The van der Waals surface area contributed by atoms with E-state index in [1.807, 2.05) is 0 Å². The summed E-state index contributed by atoms with van der Waals surface area (Å²) in [5.41, 5.74) is 0.278. The molecule has 0 aliphatic heterocycles. The van der Waals surface area contributed by atoms with Crippen LogP contribution in [-0.4, -0.2) is 12.0 Å². The highest BCUT2D eigenvalue weighted by atomic mass is 32.1. The summed E-state index contributed by atoms with van der Waals surface area (Å²) in [6, 6.07) is 3.06. The molecule has 0 saturated heterocycles. The average Bonchev–Trinajstić information content (AvgIpc) is 2.50. The largest absolute Gasteiger partial charge is 0.450 e. The Morgan fingerprint density at radius 1 is 1.57 bits per heavy atom. The van der Waals surface area contributed by atoms with E-state index in [-0.39, 0.29) is 10.4 Å². The molecule has 0 fully saturated rings. The van der Waals surface area contributed by atoms with Gasteiger partial charge in [-0.2, -0.15) is 18.4 Å². The van der Waals surface area contributed by atoms with Crippen molar-refractivity contribution in [2.24, 2.45) is 0 Å². The van der Waals surface area contributed by atoms with Crippen LogP contribution in [0.25, 0.3) is 0 Å². The highest BCUT2D eigenvalue weighted by Crippen LogP contribution is 2.21. The lowest BCUT2D eigenvalue weighted by Gasteiger charge is -2.02. The van der Waals surface area contributed by atoms with Gasteiger partial charge in [-0.3, -0.25) is 4.79 Å². The number of Topliss-reactive ketones (excluding diaryl/α,β-unsaturated/α-hetero) is 1. The minimum atomic E-state index is -4.79. The van der Waals surface area contributed by atoms with Crippen molar-refractivity contribution in [3.63, 3.8) is 0 Å². The first-order valence-electron chi connectivity index (χ1n) is 3.51. The smallest absolute Gasteiger partial charge is 0.289 e. The maximum atomic E-state index is 11.8. The molecule has 0 saturated carbocycles. The molecule has 0 spiro atoms. The van der Waals surface area contributed by atoms with Crippen molar-refractivity contribution in [3.8, 4) is 6.07 Å². The van der Waals surface area contributed by atoms with Gasteiger partial charge in [-0.05, 0) is 6.07 Å². The molecule has 1 aromatic heterocycles. The standard InChI is InChI=1S/C8H4F3NOS/c9-8(10,11)7(13)2-6-1-5(3-12)4-14-6/h1,4H,2H2. The maximum absolute atomic E-state index is 11.8. The Labute approximate surface area is 81.6 Å². The van der Waals surface area contributed by atoms with E-state index in [1.54, 1.807) is 6.07 Å². The lowest BCUT2D eigenvalue weighted by molar-refractivity contribution is -0.170. The zero-order valence-corrected chi connectivity index (χ0v) is 7.58. The summed E-state index contributed by atoms with van der Waals surface area (Å²) < 4.78 is 35.4. The zero-order chi connectivity index (χ0) is 10.8. The summed E-state index contributed by atoms with van der Waals surface area (Å²) in [6.07, 6.45) is -5.48. The van der Waals surface area contributed by atoms with Crippen LogP contribution in [0.5, 0.6) is 0 Å². The van der Waals surface area contributed by atoms with Gasteiger partial charge in [-0.25, -0.2) is 0 Å². The van der Waals surface area contributed by atoms with Crippen molar-refractivity contribution in [2.75, 3.05) is 0 Å². The number of nitriles is 1. The van der Waals surface area contributed by atoms with Crippen molar-refractivity contribution < 1.29 is 18.0 Å². The molecule has 0 atom stereocenters. The molecule has 0 radical (unpaired) electrons. The van der Waals surface area contributed by atoms with Gasteiger partial charge in [-0.1, -0.05) is 0 Å². The molecule has 0 aromatic carbocycles. The van der Waals surface area contributed by atoms with Crippen molar-refractivity contribution in [1.29, 1.82) is 5.26 Å². The van der Waals surface area contributed by atoms with Crippen LogP contribution in [0.1, 0.15) is 10.4 Å². The van der Waals surface area contributed by atoms with Crippen molar-refractivity contribution in [3.05, 3.63) is 21.9 Å². The molecule has 6 heteroatoms. The number of alkyl halides is 3. The van der Waals surface area contributed by atoms with Gasteiger partial charge >= 0.3 is 6.18 Å². The Balaban J connectivity index is 2.71. The fraction of sp³-hybridized carbons (Fsp3) is 0.250. The fourth-order valence-corrected chi connectivity index (χ4v) is 1.60. The van der Waals surface area contributed by atoms with E-state index in [1.165, 1.54) is 11.4 Å². The van der Waals surface area contributed by atoms with Gasteiger partial charge in [0.15, 0.2) is 0 Å². The quantitative estimate of drug-likeness (QED) is 0.765. The van der Waals surface area contributed by atoms with Crippen LogP contribution >= 0.6 is 11.3 Å². The van der Waals surface area contributed by atoms with Crippen LogP contribution in [0.3, 0.4) is 0 Å². The normalized spacial score (nSPS) is 11.0. The monoisotopic (exact) mass is 219 g/mol. The number of nitrogens with zero attached hydrogens (tertiary/aromatic N) is 1. The molecule has 2 nitrogen and oxygen atoms in total. The number of carbonyl (C=O) groups is 1. The number of halogens is 3. The summed E-state index contributed by atoms with van der Waals surface area (Å²) in [4.78, 5) is 10.8. The Kier molecular flexibility index (Phi) is 2.91. The molecule has 1 aromatic rings. The molecular weight excluding hydrogens is 215 g/mol. The Bertz CT molecular complexity index is 388. The summed E-state index contributed by atoms with van der Waals surface area (Å²) in [5, 5.41) is 9.81. The molecule has 1 heterocycles. The maximum Gasteiger partial charge on any atom is 0.450 e. The number of ketones is 1. The predicted molar refractivity (Wildman–Crippen MR) is 43.8 cm³/mol. The van der Waals surface area contributed by atoms with E-state index < -0.39 is 18.4 Å². The molecule has 14 heavy (non-hydrogen) atoms. The van der Waals surface area contributed by atoms with Crippen molar-refractivity contribution >= 4 is 17.1 Å². The molecule has 0 aliphatic rings. The highest BCUT2D eigenvalue weighted by Gasteiger charge is 2.37. The van der Waals surface area contributed by atoms with Gasteiger partial charge in [0, 0.05) is 10.3 Å². The Hall–Kier alpha value is -1.35. The molecule has 0 bridgehead atoms. The Morgan fingerprint density at radius 2 is 2.21 bits per heavy atom. The molecule has 0 aliphatic carbocycles. The minimum Gasteiger partial charge on any atom is -0.289 e. The van der Waals surface area contributed by atoms with Crippen LogP contribution in [0.2, 0.25) is 0 Å². The Morgan fingerprint density at radius 3 is 2.64 bits per heavy atom. The number of carbonyl (C=O) groups excluding carboxylic acids is 1. The van der Waals surface area contributed by atoms with Crippen LogP contribution in [0.4, 0.5) is 13.2 Å². The lowest BCUT2D eigenvalue weighted by atomic mass is 10.2.